The van der Waals surface area contributed by atoms with Gasteiger partial charge >= 0.3 is 5.97 Å². The molecule has 0 aliphatic carbocycles. The number of rotatable bonds is 5. The van der Waals surface area contributed by atoms with Crippen molar-refractivity contribution >= 4 is 11.7 Å². The van der Waals surface area contributed by atoms with Gasteiger partial charge in [-0.05, 0) is 18.6 Å². The quantitative estimate of drug-likeness (QED) is 0.804. The highest BCUT2D eigenvalue weighted by Crippen LogP contribution is 2.16. The number of hydrogen-bond acceptors (Lipinski definition) is 3. The van der Waals surface area contributed by atoms with E-state index < -0.39 is 5.97 Å². The first-order valence-corrected chi connectivity index (χ1v) is 5.06. The molecule has 0 aliphatic rings. The summed E-state index contributed by atoms with van der Waals surface area (Å²) in [6.45, 7) is 2.96. The Balaban J connectivity index is 2.87. The second kappa shape index (κ2) is 5.34. The lowest BCUT2D eigenvalue weighted by Crippen LogP contribution is -2.21. The van der Waals surface area contributed by atoms with Gasteiger partial charge in [0.05, 0.1) is 5.69 Å². The zero-order valence-corrected chi connectivity index (χ0v) is 9.10. The number of carboxylic acids is 1. The maximum Gasteiger partial charge on any atom is 0.356 e. The lowest BCUT2D eigenvalue weighted by molar-refractivity contribution is 0.0691. The van der Waals surface area contributed by atoms with Crippen LogP contribution in [0.2, 0.25) is 0 Å². The van der Waals surface area contributed by atoms with Gasteiger partial charge in [0.25, 0.3) is 0 Å². The molecular formula is C11H16N2O2. The van der Waals surface area contributed by atoms with E-state index in [-0.39, 0.29) is 5.69 Å². The van der Waals surface area contributed by atoms with Crippen molar-refractivity contribution in [2.24, 2.45) is 0 Å². The molecule has 0 amide bonds. The molecule has 1 aromatic heterocycles. The second-order valence-electron chi connectivity index (χ2n) is 3.45. The Hall–Kier alpha value is -1.58. The Labute approximate surface area is 89.6 Å². The van der Waals surface area contributed by atoms with E-state index in [0.717, 1.165) is 19.4 Å². The predicted octanol–water partition coefficient (Wildman–Crippen LogP) is 2.02. The summed E-state index contributed by atoms with van der Waals surface area (Å²) >= 11 is 0. The highest BCUT2D eigenvalue weighted by molar-refractivity contribution is 5.92. The van der Waals surface area contributed by atoms with E-state index in [1.807, 2.05) is 11.9 Å². The third-order valence-electron chi connectivity index (χ3n) is 2.25. The van der Waals surface area contributed by atoms with Crippen LogP contribution in [-0.2, 0) is 0 Å². The summed E-state index contributed by atoms with van der Waals surface area (Å²) < 4.78 is 0. The first-order chi connectivity index (χ1) is 7.16. The number of nitrogens with zero attached hydrogens (tertiary/aromatic N) is 2. The number of aromatic nitrogens is 1. The summed E-state index contributed by atoms with van der Waals surface area (Å²) in [7, 11) is 1.89. The molecule has 1 heterocycles. The normalized spacial score (nSPS) is 10.0. The number of aromatic carboxylic acids is 1. The lowest BCUT2D eigenvalue weighted by atomic mass is 10.2. The molecule has 0 saturated heterocycles. The Kier molecular flexibility index (Phi) is 4.09. The van der Waals surface area contributed by atoms with Gasteiger partial charge in [-0.25, -0.2) is 9.78 Å². The van der Waals surface area contributed by atoms with Gasteiger partial charge in [-0.3, -0.25) is 0 Å². The number of pyridine rings is 1. The number of hydrogen-bond donors (Lipinski definition) is 1. The molecule has 0 aliphatic heterocycles. The summed E-state index contributed by atoms with van der Waals surface area (Å²) in [4.78, 5) is 16.7. The van der Waals surface area contributed by atoms with Crippen LogP contribution in [0.1, 0.15) is 30.3 Å². The van der Waals surface area contributed by atoms with E-state index in [0.29, 0.717) is 5.69 Å². The van der Waals surface area contributed by atoms with E-state index in [9.17, 15) is 4.79 Å². The molecule has 0 aromatic carbocycles. The number of carboxylic acid groups (broad SMARTS) is 1. The fourth-order valence-electron chi connectivity index (χ4n) is 1.39. The van der Waals surface area contributed by atoms with Crippen molar-refractivity contribution in [2.45, 2.75) is 19.8 Å². The minimum absolute atomic E-state index is 0.121. The summed E-state index contributed by atoms with van der Waals surface area (Å²) in [5, 5.41) is 8.95. The van der Waals surface area contributed by atoms with Crippen LogP contribution in [0.3, 0.4) is 0 Å². The van der Waals surface area contributed by atoms with Crippen molar-refractivity contribution in [1.29, 1.82) is 0 Å². The topological polar surface area (TPSA) is 53.4 Å². The average Bonchev–Trinajstić information content (AvgIpc) is 2.25. The molecule has 0 unspecified atom stereocenters. The molecule has 4 nitrogen and oxygen atoms in total. The lowest BCUT2D eigenvalue weighted by Gasteiger charge is -2.19. The largest absolute Gasteiger partial charge is 0.476 e. The fraction of sp³-hybridized carbons (Fsp3) is 0.455. The minimum atomic E-state index is -0.978. The van der Waals surface area contributed by atoms with Crippen LogP contribution in [0, 0.1) is 0 Å². The average molecular weight is 208 g/mol. The first-order valence-electron chi connectivity index (χ1n) is 5.06. The SMILES string of the molecule is CCCCN(C)c1cccnc1C(=O)O. The molecule has 0 fully saturated rings. The van der Waals surface area contributed by atoms with E-state index >= 15 is 0 Å². The van der Waals surface area contributed by atoms with E-state index in [1.54, 1.807) is 12.1 Å². The maximum absolute atomic E-state index is 10.9. The summed E-state index contributed by atoms with van der Waals surface area (Å²) in [6.07, 6.45) is 3.64. The van der Waals surface area contributed by atoms with Gasteiger partial charge < -0.3 is 10.0 Å². The highest BCUT2D eigenvalue weighted by Gasteiger charge is 2.13. The van der Waals surface area contributed by atoms with Crippen molar-refractivity contribution in [3.63, 3.8) is 0 Å². The summed E-state index contributed by atoms with van der Waals surface area (Å²) in [6, 6.07) is 3.54. The molecule has 82 valence electrons. The molecule has 0 spiro atoms. The van der Waals surface area contributed by atoms with Gasteiger partial charge in [0.2, 0.25) is 0 Å². The number of carbonyl (C=O) groups is 1. The van der Waals surface area contributed by atoms with Gasteiger partial charge in [-0.1, -0.05) is 13.3 Å². The van der Waals surface area contributed by atoms with Crippen LogP contribution in [-0.4, -0.2) is 29.7 Å². The van der Waals surface area contributed by atoms with Crippen LogP contribution in [0.4, 0.5) is 5.69 Å². The molecule has 1 rings (SSSR count). The smallest absolute Gasteiger partial charge is 0.356 e. The van der Waals surface area contributed by atoms with Crippen LogP contribution in [0.5, 0.6) is 0 Å². The van der Waals surface area contributed by atoms with Crippen LogP contribution in [0.25, 0.3) is 0 Å². The Morgan fingerprint density at radius 1 is 1.60 bits per heavy atom. The highest BCUT2D eigenvalue weighted by atomic mass is 16.4. The zero-order valence-electron chi connectivity index (χ0n) is 9.10. The summed E-state index contributed by atoms with van der Waals surface area (Å²) in [5.41, 5.74) is 0.801. The third kappa shape index (κ3) is 2.94. The second-order valence-corrected chi connectivity index (χ2v) is 3.45. The number of unbranched alkanes of at least 4 members (excludes halogenated alkanes) is 1. The van der Waals surface area contributed by atoms with E-state index in [2.05, 4.69) is 11.9 Å². The van der Waals surface area contributed by atoms with Gasteiger partial charge in [-0.15, -0.1) is 0 Å². The molecular weight excluding hydrogens is 192 g/mol. The van der Waals surface area contributed by atoms with Gasteiger partial charge in [-0.2, -0.15) is 0 Å². The summed E-state index contributed by atoms with van der Waals surface area (Å²) in [5.74, 6) is -0.978. The van der Waals surface area contributed by atoms with Crippen molar-refractivity contribution in [3.05, 3.63) is 24.0 Å². The van der Waals surface area contributed by atoms with Crippen molar-refractivity contribution in [3.8, 4) is 0 Å². The Morgan fingerprint density at radius 3 is 2.93 bits per heavy atom. The molecule has 0 atom stereocenters. The van der Waals surface area contributed by atoms with Gasteiger partial charge in [0.1, 0.15) is 0 Å². The van der Waals surface area contributed by atoms with E-state index in [1.165, 1.54) is 6.20 Å². The number of anilines is 1. The molecule has 4 heteroatoms. The third-order valence-corrected chi connectivity index (χ3v) is 2.25. The van der Waals surface area contributed by atoms with Crippen LogP contribution < -0.4 is 4.90 Å². The molecule has 0 radical (unpaired) electrons. The van der Waals surface area contributed by atoms with Crippen molar-refractivity contribution in [1.82, 2.24) is 4.98 Å². The first kappa shape index (κ1) is 11.5. The molecule has 1 N–H and O–H groups in total. The van der Waals surface area contributed by atoms with Crippen molar-refractivity contribution in [2.75, 3.05) is 18.5 Å². The van der Waals surface area contributed by atoms with E-state index in [4.69, 9.17) is 5.11 Å². The minimum Gasteiger partial charge on any atom is -0.476 e. The molecule has 0 bridgehead atoms. The van der Waals surface area contributed by atoms with Crippen LogP contribution in [0.15, 0.2) is 18.3 Å². The predicted molar refractivity (Wildman–Crippen MR) is 59.4 cm³/mol. The zero-order chi connectivity index (χ0) is 11.3. The standard InChI is InChI=1S/C11H16N2O2/c1-3-4-8-13(2)9-6-5-7-12-10(9)11(14)15/h5-7H,3-4,8H2,1-2H3,(H,14,15). The maximum atomic E-state index is 10.9. The van der Waals surface area contributed by atoms with Crippen LogP contribution >= 0.6 is 0 Å². The Morgan fingerprint density at radius 2 is 2.33 bits per heavy atom. The fourth-order valence-corrected chi connectivity index (χ4v) is 1.39. The van der Waals surface area contributed by atoms with Gasteiger partial charge in [0.15, 0.2) is 5.69 Å². The van der Waals surface area contributed by atoms with Crippen molar-refractivity contribution < 1.29 is 9.90 Å². The molecule has 1 aromatic rings. The monoisotopic (exact) mass is 208 g/mol. The molecule has 15 heavy (non-hydrogen) atoms. The molecule has 0 saturated carbocycles. The Bertz CT molecular complexity index is 339. The van der Waals surface area contributed by atoms with Gasteiger partial charge in [0, 0.05) is 19.8 Å².